The Morgan fingerprint density at radius 1 is 1.40 bits per heavy atom. The maximum Gasteiger partial charge on any atom is 0.0563 e. The predicted octanol–water partition coefficient (Wildman–Crippen LogP) is 2.82. The standard InChI is InChI=1S/C9H17N/c1-3-5-6-7-9-10-8-4-2/h4,9H,2-3,5-8H2,1H3. The molecule has 1 heteroatoms. The third-order valence-electron chi connectivity index (χ3n) is 1.30. The van der Waals surface area contributed by atoms with Crippen LogP contribution in [0, 0.1) is 0 Å². The third kappa shape index (κ3) is 7.41. The predicted molar refractivity (Wildman–Crippen MR) is 47.7 cm³/mol. The highest BCUT2D eigenvalue weighted by Crippen LogP contribution is 1.95. The van der Waals surface area contributed by atoms with Gasteiger partial charge < -0.3 is 0 Å². The number of rotatable bonds is 6. The van der Waals surface area contributed by atoms with Gasteiger partial charge in [-0.05, 0) is 19.1 Å². The molecule has 0 aromatic carbocycles. The Labute approximate surface area is 63.9 Å². The maximum absolute atomic E-state index is 4.12. The van der Waals surface area contributed by atoms with Gasteiger partial charge in [0.1, 0.15) is 0 Å². The molecule has 0 aromatic heterocycles. The highest BCUT2D eigenvalue weighted by Gasteiger charge is 1.80. The second kappa shape index (κ2) is 8.41. The van der Waals surface area contributed by atoms with Crippen molar-refractivity contribution in [2.45, 2.75) is 32.6 Å². The molecule has 1 nitrogen and oxygen atoms in total. The molecule has 0 aliphatic carbocycles. The minimum absolute atomic E-state index is 0.770. The van der Waals surface area contributed by atoms with Crippen LogP contribution in [0.25, 0.3) is 0 Å². The fourth-order valence-electron chi connectivity index (χ4n) is 0.726. The number of unbranched alkanes of at least 4 members (excludes halogenated alkanes) is 3. The molecule has 0 aliphatic rings. The molecule has 0 saturated heterocycles. The summed E-state index contributed by atoms with van der Waals surface area (Å²) in [5.74, 6) is 0. The topological polar surface area (TPSA) is 12.4 Å². The van der Waals surface area contributed by atoms with Crippen LogP contribution >= 0.6 is 0 Å². The summed E-state index contributed by atoms with van der Waals surface area (Å²) in [6, 6.07) is 0. The van der Waals surface area contributed by atoms with E-state index >= 15 is 0 Å². The van der Waals surface area contributed by atoms with Gasteiger partial charge in [0.15, 0.2) is 0 Å². The van der Waals surface area contributed by atoms with Crippen molar-refractivity contribution >= 4 is 6.21 Å². The Hall–Kier alpha value is -0.590. The van der Waals surface area contributed by atoms with E-state index in [1.165, 1.54) is 19.3 Å². The summed E-state index contributed by atoms with van der Waals surface area (Å²) in [6.07, 6.45) is 8.82. The fraction of sp³-hybridized carbons (Fsp3) is 0.667. The molecular weight excluding hydrogens is 122 g/mol. The van der Waals surface area contributed by atoms with Gasteiger partial charge in [-0.3, -0.25) is 4.99 Å². The second-order valence-corrected chi connectivity index (χ2v) is 2.33. The molecule has 0 heterocycles. The van der Waals surface area contributed by atoms with Gasteiger partial charge in [0.05, 0.1) is 6.54 Å². The summed E-state index contributed by atoms with van der Waals surface area (Å²) in [6.45, 7) is 6.56. The summed E-state index contributed by atoms with van der Waals surface area (Å²) in [7, 11) is 0. The van der Waals surface area contributed by atoms with Gasteiger partial charge in [-0.2, -0.15) is 0 Å². The first-order chi connectivity index (χ1) is 4.91. The summed E-state index contributed by atoms with van der Waals surface area (Å²) < 4.78 is 0. The molecule has 0 atom stereocenters. The van der Waals surface area contributed by atoms with Crippen LogP contribution in [0.4, 0.5) is 0 Å². The number of hydrogen-bond donors (Lipinski definition) is 0. The monoisotopic (exact) mass is 139 g/mol. The minimum atomic E-state index is 0.770. The van der Waals surface area contributed by atoms with Gasteiger partial charge in [-0.1, -0.05) is 25.8 Å². The average Bonchev–Trinajstić information content (AvgIpc) is 1.97. The minimum Gasteiger partial charge on any atom is -0.293 e. The Morgan fingerprint density at radius 3 is 2.80 bits per heavy atom. The Bertz CT molecular complexity index is 94.9. The van der Waals surface area contributed by atoms with E-state index in [2.05, 4.69) is 18.5 Å². The number of aliphatic imine (C=N–C) groups is 1. The van der Waals surface area contributed by atoms with Crippen LogP contribution in [0.2, 0.25) is 0 Å². The van der Waals surface area contributed by atoms with Gasteiger partial charge in [0, 0.05) is 0 Å². The van der Waals surface area contributed by atoms with Crippen LogP contribution in [0.3, 0.4) is 0 Å². The van der Waals surface area contributed by atoms with Crippen LogP contribution < -0.4 is 0 Å². The lowest BCUT2D eigenvalue weighted by molar-refractivity contribution is 0.745. The average molecular weight is 139 g/mol. The molecule has 0 amide bonds. The van der Waals surface area contributed by atoms with Gasteiger partial charge in [0.25, 0.3) is 0 Å². The van der Waals surface area contributed by atoms with Crippen LogP contribution in [0.5, 0.6) is 0 Å². The third-order valence-corrected chi connectivity index (χ3v) is 1.30. The normalized spacial score (nSPS) is 10.5. The van der Waals surface area contributed by atoms with E-state index in [1.807, 2.05) is 12.3 Å². The number of hydrogen-bond acceptors (Lipinski definition) is 1. The van der Waals surface area contributed by atoms with Crippen molar-refractivity contribution in [1.29, 1.82) is 0 Å². The molecule has 0 radical (unpaired) electrons. The van der Waals surface area contributed by atoms with Gasteiger partial charge in [0.2, 0.25) is 0 Å². The van der Waals surface area contributed by atoms with E-state index in [0.29, 0.717) is 0 Å². The molecule has 58 valence electrons. The molecule has 0 aromatic rings. The largest absolute Gasteiger partial charge is 0.293 e. The Morgan fingerprint density at radius 2 is 2.20 bits per heavy atom. The van der Waals surface area contributed by atoms with E-state index in [1.54, 1.807) is 0 Å². The zero-order chi connectivity index (χ0) is 7.66. The van der Waals surface area contributed by atoms with Crippen molar-refractivity contribution < 1.29 is 0 Å². The van der Waals surface area contributed by atoms with Crippen molar-refractivity contribution in [2.75, 3.05) is 6.54 Å². The Kier molecular flexibility index (Phi) is 7.91. The van der Waals surface area contributed by atoms with E-state index in [4.69, 9.17) is 0 Å². The van der Waals surface area contributed by atoms with Gasteiger partial charge in [-0.15, -0.1) is 6.58 Å². The molecule has 0 rings (SSSR count). The lowest BCUT2D eigenvalue weighted by Gasteiger charge is -1.89. The van der Waals surface area contributed by atoms with E-state index in [9.17, 15) is 0 Å². The number of nitrogens with zero attached hydrogens (tertiary/aromatic N) is 1. The second-order valence-electron chi connectivity index (χ2n) is 2.33. The SMILES string of the molecule is C=CCN=CCCCCC. The van der Waals surface area contributed by atoms with Crippen molar-refractivity contribution in [3.05, 3.63) is 12.7 Å². The zero-order valence-corrected chi connectivity index (χ0v) is 6.84. The van der Waals surface area contributed by atoms with Crippen LogP contribution in [-0.4, -0.2) is 12.8 Å². The van der Waals surface area contributed by atoms with Gasteiger partial charge >= 0.3 is 0 Å². The van der Waals surface area contributed by atoms with E-state index < -0.39 is 0 Å². The lowest BCUT2D eigenvalue weighted by Crippen LogP contribution is -1.78. The van der Waals surface area contributed by atoms with Crippen molar-refractivity contribution in [3.63, 3.8) is 0 Å². The quantitative estimate of drug-likeness (QED) is 0.305. The van der Waals surface area contributed by atoms with Crippen molar-refractivity contribution in [3.8, 4) is 0 Å². The summed E-state index contributed by atoms with van der Waals surface area (Å²) in [5.41, 5.74) is 0. The van der Waals surface area contributed by atoms with E-state index in [-0.39, 0.29) is 0 Å². The lowest BCUT2D eigenvalue weighted by atomic mass is 10.2. The highest BCUT2D eigenvalue weighted by atomic mass is 14.7. The molecule has 0 spiro atoms. The smallest absolute Gasteiger partial charge is 0.0563 e. The highest BCUT2D eigenvalue weighted by molar-refractivity contribution is 5.57. The van der Waals surface area contributed by atoms with E-state index in [0.717, 1.165) is 13.0 Å². The molecule has 0 N–H and O–H groups in total. The maximum atomic E-state index is 4.12. The van der Waals surface area contributed by atoms with Crippen LogP contribution in [0.15, 0.2) is 17.6 Å². The summed E-state index contributed by atoms with van der Waals surface area (Å²) >= 11 is 0. The first-order valence-corrected chi connectivity index (χ1v) is 4.01. The van der Waals surface area contributed by atoms with Crippen LogP contribution in [0.1, 0.15) is 32.6 Å². The molecular formula is C9H17N. The van der Waals surface area contributed by atoms with Crippen molar-refractivity contribution in [1.82, 2.24) is 0 Å². The molecule has 10 heavy (non-hydrogen) atoms. The van der Waals surface area contributed by atoms with Crippen molar-refractivity contribution in [2.24, 2.45) is 4.99 Å². The molecule has 0 unspecified atom stereocenters. The molecule has 0 bridgehead atoms. The molecule has 0 saturated carbocycles. The first-order valence-electron chi connectivity index (χ1n) is 4.01. The summed E-state index contributed by atoms with van der Waals surface area (Å²) in [5, 5.41) is 0. The Balaban J connectivity index is 2.94. The van der Waals surface area contributed by atoms with Gasteiger partial charge in [-0.25, -0.2) is 0 Å². The molecule has 0 aliphatic heterocycles. The first kappa shape index (κ1) is 9.41. The zero-order valence-electron chi connectivity index (χ0n) is 6.84. The molecule has 0 fully saturated rings. The fourth-order valence-corrected chi connectivity index (χ4v) is 0.726. The summed E-state index contributed by atoms with van der Waals surface area (Å²) in [4.78, 5) is 4.12. The van der Waals surface area contributed by atoms with Crippen LogP contribution in [-0.2, 0) is 0 Å².